The van der Waals surface area contributed by atoms with Crippen LogP contribution in [0.1, 0.15) is 39.0 Å². The number of carbonyl (C=O) groups is 2. The Labute approximate surface area is 133 Å². The third-order valence-corrected chi connectivity index (χ3v) is 5.06. The minimum Gasteiger partial charge on any atom is -0.481 e. The average molecular weight is 336 g/mol. The molecule has 2 rings (SSSR count). The predicted octanol–water partition coefficient (Wildman–Crippen LogP) is 2.86. The molecule has 0 aromatic carbocycles. The molecule has 0 radical (unpaired) electrons. The lowest BCUT2D eigenvalue weighted by molar-refractivity contribution is -0.187. The number of carboxylic acids is 1. The van der Waals surface area contributed by atoms with Crippen molar-refractivity contribution in [3.8, 4) is 0 Å². The zero-order valence-corrected chi connectivity index (χ0v) is 13.1. The number of nitrogens with zero attached hydrogens (tertiary/aromatic N) is 1. The van der Waals surface area contributed by atoms with Crippen LogP contribution in [0, 0.1) is 17.8 Å². The number of hydrogen-bond donors (Lipinski definition) is 2. The van der Waals surface area contributed by atoms with Crippen molar-refractivity contribution in [3.05, 3.63) is 0 Å². The smallest absolute Gasteiger partial charge is 0.394 e. The lowest BCUT2D eigenvalue weighted by Crippen LogP contribution is -2.46. The summed E-state index contributed by atoms with van der Waals surface area (Å²) in [4.78, 5) is 24.3. The number of alkyl halides is 3. The highest BCUT2D eigenvalue weighted by molar-refractivity contribution is 5.78. The Kier molecular flexibility index (Phi) is 5.41. The average Bonchev–Trinajstić information content (AvgIpc) is 3.12. The van der Waals surface area contributed by atoms with E-state index in [0.29, 0.717) is 5.92 Å². The first-order valence-electron chi connectivity index (χ1n) is 8.09. The van der Waals surface area contributed by atoms with Crippen LogP contribution in [0.3, 0.4) is 0 Å². The minimum atomic E-state index is -4.62. The first-order valence-corrected chi connectivity index (χ1v) is 8.09. The van der Waals surface area contributed by atoms with Gasteiger partial charge in [0.2, 0.25) is 0 Å². The van der Waals surface area contributed by atoms with Gasteiger partial charge in [0.25, 0.3) is 0 Å². The van der Waals surface area contributed by atoms with Gasteiger partial charge < -0.3 is 15.3 Å². The molecule has 2 N–H and O–H groups in total. The zero-order chi connectivity index (χ0) is 17.2. The molecule has 3 atom stereocenters. The largest absolute Gasteiger partial charge is 0.481 e. The molecule has 2 fully saturated rings. The Hall–Kier alpha value is -1.47. The summed E-state index contributed by atoms with van der Waals surface area (Å²) in [6, 6.07) is -0.639. The van der Waals surface area contributed by atoms with Crippen molar-refractivity contribution in [3.63, 3.8) is 0 Å². The fourth-order valence-electron chi connectivity index (χ4n) is 3.71. The Morgan fingerprint density at radius 1 is 1.26 bits per heavy atom. The third-order valence-electron chi connectivity index (χ3n) is 5.06. The van der Waals surface area contributed by atoms with Gasteiger partial charge >= 0.3 is 18.2 Å². The van der Waals surface area contributed by atoms with E-state index in [4.69, 9.17) is 5.11 Å². The van der Waals surface area contributed by atoms with Crippen LogP contribution in [-0.2, 0) is 4.79 Å². The number of halogens is 3. The summed E-state index contributed by atoms with van der Waals surface area (Å²) in [6.07, 6.45) is 0.350. The van der Waals surface area contributed by atoms with Crippen molar-refractivity contribution in [2.45, 2.75) is 51.2 Å². The van der Waals surface area contributed by atoms with Crippen molar-refractivity contribution in [1.29, 1.82) is 0 Å². The number of carboxylic acid groups (broad SMARTS) is 1. The molecule has 1 heterocycles. The highest BCUT2D eigenvalue weighted by Crippen LogP contribution is 2.38. The fourth-order valence-corrected chi connectivity index (χ4v) is 3.71. The SMILES string of the molecule is CCC(NC(=O)N1C[C@@H](C(F)(F)F)[C@H](C(=O)O)C1)C1CCCC1. The molecular weight excluding hydrogens is 313 g/mol. The van der Waals surface area contributed by atoms with Gasteiger partial charge in [-0.1, -0.05) is 19.8 Å². The van der Waals surface area contributed by atoms with Gasteiger partial charge in [-0.2, -0.15) is 13.2 Å². The van der Waals surface area contributed by atoms with Gasteiger partial charge in [-0.25, -0.2) is 4.79 Å². The summed E-state index contributed by atoms with van der Waals surface area (Å²) < 4.78 is 38.9. The monoisotopic (exact) mass is 336 g/mol. The van der Waals surface area contributed by atoms with Crippen LogP contribution in [0.5, 0.6) is 0 Å². The second-order valence-corrected chi connectivity index (χ2v) is 6.51. The summed E-state index contributed by atoms with van der Waals surface area (Å²) in [7, 11) is 0. The number of likely N-dealkylation sites (tertiary alicyclic amines) is 1. The molecular formula is C15H23F3N2O3. The summed E-state index contributed by atoms with van der Waals surface area (Å²) >= 11 is 0. The van der Waals surface area contributed by atoms with Gasteiger partial charge in [0, 0.05) is 19.1 Å². The molecule has 8 heteroatoms. The third kappa shape index (κ3) is 4.09. The van der Waals surface area contributed by atoms with Crippen LogP contribution in [0.15, 0.2) is 0 Å². The van der Waals surface area contributed by atoms with E-state index in [0.717, 1.165) is 37.0 Å². The molecule has 2 aliphatic rings. The van der Waals surface area contributed by atoms with Gasteiger partial charge in [0.1, 0.15) is 0 Å². The van der Waals surface area contributed by atoms with Crippen molar-refractivity contribution in [1.82, 2.24) is 10.2 Å². The van der Waals surface area contributed by atoms with E-state index < -0.39 is 43.1 Å². The zero-order valence-electron chi connectivity index (χ0n) is 13.1. The molecule has 5 nitrogen and oxygen atoms in total. The molecule has 1 aliphatic heterocycles. The second-order valence-electron chi connectivity index (χ2n) is 6.51. The number of nitrogens with one attached hydrogen (secondary N) is 1. The molecule has 1 unspecified atom stereocenters. The van der Waals surface area contributed by atoms with E-state index in [1.54, 1.807) is 0 Å². The van der Waals surface area contributed by atoms with Crippen LogP contribution in [0.25, 0.3) is 0 Å². The van der Waals surface area contributed by atoms with Gasteiger partial charge in [-0.15, -0.1) is 0 Å². The maximum absolute atomic E-state index is 13.0. The fraction of sp³-hybridized carbons (Fsp3) is 0.867. The van der Waals surface area contributed by atoms with Gasteiger partial charge in [-0.05, 0) is 25.2 Å². The summed E-state index contributed by atoms with van der Waals surface area (Å²) in [5, 5.41) is 11.8. The first-order chi connectivity index (χ1) is 10.7. The molecule has 23 heavy (non-hydrogen) atoms. The summed E-state index contributed by atoms with van der Waals surface area (Å²) in [6.45, 7) is 0.950. The van der Waals surface area contributed by atoms with E-state index in [2.05, 4.69) is 5.32 Å². The maximum atomic E-state index is 13.0. The normalized spacial score (nSPS) is 27.2. The molecule has 2 amide bonds. The molecule has 0 spiro atoms. The van der Waals surface area contributed by atoms with Crippen LogP contribution >= 0.6 is 0 Å². The molecule has 1 saturated carbocycles. The Morgan fingerprint density at radius 2 is 1.87 bits per heavy atom. The summed E-state index contributed by atoms with van der Waals surface area (Å²) in [5.41, 5.74) is 0. The van der Waals surface area contributed by atoms with Crippen LogP contribution in [-0.4, -0.2) is 47.3 Å². The lowest BCUT2D eigenvalue weighted by atomic mass is 9.96. The Balaban J connectivity index is 2.00. The molecule has 0 bridgehead atoms. The van der Waals surface area contributed by atoms with Crippen molar-refractivity contribution in [2.24, 2.45) is 17.8 Å². The Bertz CT molecular complexity index is 450. The van der Waals surface area contributed by atoms with Crippen molar-refractivity contribution < 1.29 is 27.9 Å². The van der Waals surface area contributed by atoms with Gasteiger partial charge in [0.05, 0.1) is 11.8 Å². The van der Waals surface area contributed by atoms with Crippen LogP contribution in [0.2, 0.25) is 0 Å². The standard InChI is InChI=1S/C15H23F3N2O3/c1-2-12(9-5-3-4-6-9)19-14(23)20-7-10(13(21)22)11(8-20)15(16,17)18/h9-12H,2-8H2,1H3,(H,19,23)(H,21,22)/t10-,11-,12?/m1/s1. The van der Waals surface area contributed by atoms with E-state index in [1.807, 2.05) is 6.92 Å². The molecule has 0 aromatic heterocycles. The summed E-state index contributed by atoms with van der Waals surface area (Å²) in [5.74, 6) is -4.74. The molecule has 1 aliphatic carbocycles. The predicted molar refractivity (Wildman–Crippen MR) is 76.8 cm³/mol. The van der Waals surface area contributed by atoms with Crippen LogP contribution < -0.4 is 5.32 Å². The lowest BCUT2D eigenvalue weighted by Gasteiger charge is -2.26. The van der Waals surface area contributed by atoms with E-state index >= 15 is 0 Å². The number of hydrogen-bond acceptors (Lipinski definition) is 2. The second kappa shape index (κ2) is 6.97. The van der Waals surface area contributed by atoms with Crippen molar-refractivity contribution >= 4 is 12.0 Å². The molecule has 132 valence electrons. The maximum Gasteiger partial charge on any atom is 0.394 e. The minimum absolute atomic E-state index is 0.0572. The number of carbonyl (C=O) groups excluding carboxylic acids is 1. The van der Waals surface area contributed by atoms with Gasteiger partial charge in [-0.3, -0.25) is 4.79 Å². The highest BCUT2D eigenvalue weighted by atomic mass is 19.4. The van der Waals surface area contributed by atoms with E-state index in [9.17, 15) is 22.8 Å². The highest BCUT2D eigenvalue weighted by Gasteiger charge is 2.53. The topological polar surface area (TPSA) is 69.6 Å². The quantitative estimate of drug-likeness (QED) is 0.829. The van der Waals surface area contributed by atoms with Gasteiger partial charge in [0.15, 0.2) is 0 Å². The molecule has 1 saturated heterocycles. The number of aliphatic carboxylic acids is 1. The number of rotatable bonds is 4. The molecule has 0 aromatic rings. The first kappa shape index (κ1) is 17.9. The number of amides is 2. The van der Waals surface area contributed by atoms with E-state index in [-0.39, 0.29) is 6.04 Å². The number of urea groups is 1. The Morgan fingerprint density at radius 3 is 2.30 bits per heavy atom. The van der Waals surface area contributed by atoms with E-state index in [1.165, 1.54) is 0 Å². The van der Waals surface area contributed by atoms with Crippen LogP contribution in [0.4, 0.5) is 18.0 Å². The van der Waals surface area contributed by atoms with Crippen molar-refractivity contribution in [2.75, 3.05) is 13.1 Å².